The molecule has 0 spiro atoms. The summed E-state index contributed by atoms with van der Waals surface area (Å²) < 4.78 is 5.20. The lowest BCUT2D eigenvalue weighted by Crippen LogP contribution is -1.92. The summed E-state index contributed by atoms with van der Waals surface area (Å²) in [4.78, 5) is 4.33. The number of aromatic nitrogens is 4. The lowest BCUT2D eigenvalue weighted by Gasteiger charge is -2.03. The molecule has 0 saturated heterocycles. The van der Waals surface area contributed by atoms with Crippen LogP contribution >= 0.6 is 0 Å². The van der Waals surface area contributed by atoms with Crippen LogP contribution in [0, 0.1) is 6.92 Å². The molecule has 18 heavy (non-hydrogen) atoms. The summed E-state index contributed by atoms with van der Waals surface area (Å²) >= 11 is 0. The molecule has 3 aromatic rings. The summed E-state index contributed by atoms with van der Waals surface area (Å²) in [7, 11) is 0. The molecule has 90 valence electrons. The topological polar surface area (TPSA) is 93.6 Å². The number of anilines is 1. The number of benzene rings is 1. The van der Waals surface area contributed by atoms with E-state index in [0.717, 1.165) is 16.7 Å². The van der Waals surface area contributed by atoms with Crippen LogP contribution in [-0.2, 0) is 0 Å². The molecule has 6 heteroatoms. The van der Waals surface area contributed by atoms with E-state index in [2.05, 4.69) is 20.3 Å². The Morgan fingerprint density at radius 3 is 3.00 bits per heavy atom. The predicted molar refractivity (Wildman–Crippen MR) is 66.5 cm³/mol. The number of rotatable bonds is 2. The number of nitrogens with zero attached hydrogens (tertiary/aromatic N) is 3. The minimum atomic E-state index is 0.431. The zero-order valence-corrected chi connectivity index (χ0v) is 9.71. The van der Waals surface area contributed by atoms with E-state index in [9.17, 15) is 0 Å². The fraction of sp³-hybridized carbons (Fsp3) is 0.0833. The fourth-order valence-electron chi connectivity index (χ4n) is 1.71. The molecule has 2 heterocycles. The predicted octanol–water partition coefficient (Wildman–Crippen LogP) is 2.02. The van der Waals surface area contributed by atoms with Gasteiger partial charge in [-0.2, -0.15) is 10.1 Å². The Hall–Kier alpha value is -2.63. The summed E-state index contributed by atoms with van der Waals surface area (Å²) in [6, 6.07) is 5.62. The first-order chi connectivity index (χ1) is 8.75. The molecule has 0 bridgehead atoms. The van der Waals surface area contributed by atoms with Crippen LogP contribution in [0.3, 0.4) is 0 Å². The van der Waals surface area contributed by atoms with E-state index in [1.807, 2.05) is 25.1 Å². The first-order valence-electron chi connectivity index (χ1n) is 5.44. The van der Waals surface area contributed by atoms with Crippen LogP contribution in [0.15, 0.2) is 35.1 Å². The molecule has 3 N–H and O–H groups in total. The number of nitrogens with one attached hydrogen (secondary N) is 1. The van der Waals surface area contributed by atoms with Crippen molar-refractivity contribution in [2.45, 2.75) is 6.92 Å². The summed E-state index contributed by atoms with van der Waals surface area (Å²) in [6.45, 7) is 1.93. The van der Waals surface area contributed by atoms with Crippen molar-refractivity contribution >= 4 is 5.69 Å². The van der Waals surface area contributed by atoms with Crippen LogP contribution in [0.5, 0.6) is 0 Å². The second-order valence-corrected chi connectivity index (χ2v) is 3.93. The SMILES string of the molecule is Cc1c(N)cccc1-c1noc(-c2cn[nH]c2)n1. The summed E-state index contributed by atoms with van der Waals surface area (Å²) in [5.41, 5.74) is 9.14. The molecule has 0 radical (unpaired) electrons. The minimum Gasteiger partial charge on any atom is -0.398 e. The van der Waals surface area contributed by atoms with Crippen molar-refractivity contribution in [2.75, 3.05) is 5.73 Å². The van der Waals surface area contributed by atoms with E-state index in [1.54, 1.807) is 12.4 Å². The van der Waals surface area contributed by atoms with Crippen molar-refractivity contribution < 1.29 is 4.52 Å². The number of hydrogen-bond donors (Lipinski definition) is 2. The van der Waals surface area contributed by atoms with E-state index < -0.39 is 0 Å². The number of hydrogen-bond acceptors (Lipinski definition) is 5. The third-order valence-electron chi connectivity index (χ3n) is 2.79. The molecule has 0 unspecified atom stereocenters. The molecule has 0 aliphatic carbocycles. The van der Waals surface area contributed by atoms with Crippen LogP contribution in [-0.4, -0.2) is 20.3 Å². The lowest BCUT2D eigenvalue weighted by atomic mass is 10.1. The van der Waals surface area contributed by atoms with Gasteiger partial charge in [0.25, 0.3) is 5.89 Å². The van der Waals surface area contributed by atoms with Crippen molar-refractivity contribution in [3.8, 4) is 22.8 Å². The Kier molecular flexibility index (Phi) is 2.33. The fourth-order valence-corrected chi connectivity index (χ4v) is 1.71. The molecule has 0 fully saturated rings. The van der Waals surface area contributed by atoms with Gasteiger partial charge in [0, 0.05) is 17.4 Å². The van der Waals surface area contributed by atoms with Gasteiger partial charge in [0.2, 0.25) is 5.82 Å². The van der Waals surface area contributed by atoms with Crippen LogP contribution in [0.25, 0.3) is 22.8 Å². The minimum absolute atomic E-state index is 0.431. The first-order valence-corrected chi connectivity index (χ1v) is 5.44. The summed E-state index contributed by atoms with van der Waals surface area (Å²) in [5.74, 6) is 0.955. The van der Waals surface area contributed by atoms with Crippen LogP contribution in [0.1, 0.15) is 5.56 Å². The standard InChI is InChI=1S/C12H11N5O/c1-7-9(3-2-4-10(7)13)11-16-12(18-17-11)8-5-14-15-6-8/h2-6H,13H2,1H3,(H,14,15). The molecule has 6 nitrogen and oxygen atoms in total. The van der Waals surface area contributed by atoms with E-state index in [-0.39, 0.29) is 0 Å². The monoisotopic (exact) mass is 241 g/mol. The van der Waals surface area contributed by atoms with Gasteiger partial charge in [-0.05, 0) is 18.6 Å². The maximum atomic E-state index is 5.86. The highest BCUT2D eigenvalue weighted by molar-refractivity contribution is 5.68. The van der Waals surface area contributed by atoms with Gasteiger partial charge in [0.15, 0.2) is 0 Å². The third kappa shape index (κ3) is 1.64. The Morgan fingerprint density at radius 1 is 1.33 bits per heavy atom. The molecule has 1 aromatic carbocycles. The number of H-pyrrole nitrogens is 1. The second-order valence-electron chi connectivity index (χ2n) is 3.93. The van der Waals surface area contributed by atoms with E-state index in [0.29, 0.717) is 17.4 Å². The van der Waals surface area contributed by atoms with E-state index in [1.165, 1.54) is 0 Å². The van der Waals surface area contributed by atoms with Crippen LogP contribution in [0.2, 0.25) is 0 Å². The van der Waals surface area contributed by atoms with E-state index >= 15 is 0 Å². The normalized spacial score (nSPS) is 10.7. The van der Waals surface area contributed by atoms with Gasteiger partial charge in [-0.15, -0.1) is 0 Å². The molecule has 0 aliphatic heterocycles. The van der Waals surface area contributed by atoms with Gasteiger partial charge < -0.3 is 10.3 Å². The Balaban J connectivity index is 2.06. The smallest absolute Gasteiger partial charge is 0.261 e. The lowest BCUT2D eigenvalue weighted by molar-refractivity contribution is 0.432. The number of nitrogen functional groups attached to an aromatic ring is 1. The maximum Gasteiger partial charge on any atom is 0.261 e. The van der Waals surface area contributed by atoms with Gasteiger partial charge >= 0.3 is 0 Å². The molecule has 0 saturated carbocycles. The molecule has 0 aliphatic rings. The van der Waals surface area contributed by atoms with Crippen molar-refractivity contribution in [1.82, 2.24) is 20.3 Å². The molecule has 3 rings (SSSR count). The van der Waals surface area contributed by atoms with Crippen LogP contribution < -0.4 is 5.73 Å². The Morgan fingerprint density at radius 2 is 2.22 bits per heavy atom. The molecule has 2 aromatic heterocycles. The first kappa shape index (κ1) is 10.5. The molecule has 0 amide bonds. The third-order valence-corrected chi connectivity index (χ3v) is 2.79. The van der Waals surface area contributed by atoms with Crippen molar-refractivity contribution in [3.63, 3.8) is 0 Å². The van der Waals surface area contributed by atoms with Gasteiger partial charge in [0.05, 0.1) is 11.8 Å². The molecule has 0 atom stereocenters. The van der Waals surface area contributed by atoms with Gasteiger partial charge in [-0.25, -0.2) is 0 Å². The highest BCUT2D eigenvalue weighted by Crippen LogP contribution is 2.26. The van der Waals surface area contributed by atoms with Crippen molar-refractivity contribution in [3.05, 3.63) is 36.2 Å². The Bertz CT molecular complexity index is 672. The summed E-state index contributed by atoms with van der Waals surface area (Å²) in [5, 5.41) is 10.5. The van der Waals surface area contributed by atoms with Gasteiger partial charge in [-0.1, -0.05) is 17.3 Å². The van der Waals surface area contributed by atoms with Crippen LogP contribution in [0.4, 0.5) is 5.69 Å². The average molecular weight is 241 g/mol. The maximum absolute atomic E-state index is 5.86. The van der Waals surface area contributed by atoms with Gasteiger partial charge in [-0.3, -0.25) is 5.10 Å². The number of nitrogens with two attached hydrogens (primary N) is 1. The molecular formula is C12H11N5O. The second kappa shape index (κ2) is 3.99. The van der Waals surface area contributed by atoms with E-state index in [4.69, 9.17) is 10.3 Å². The zero-order valence-electron chi connectivity index (χ0n) is 9.71. The molecular weight excluding hydrogens is 230 g/mol. The Labute approximate surface area is 103 Å². The highest BCUT2D eigenvalue weighted by atomic mass is 16.5. The summed E-state index contributed by atoms with van der Waals surface area (Å²) in [6.07, 6.45) is 3.33. The zero-order chi connectivity index (χ0) is 12.5. The highest BCUT2D eigenvalue weighted by Gasteiger charge is 2.13. The average Bonchev–Trinajstić information content (AvgIpc) is 3.01. The van der Waals surface area contributed by atoms with Crippen molar-refractivity contribution in [1.29, 1.82) is 0 Å². The van der Waals surface area contributed by atoms with Gasteiger partial charge in [0.1, 0.15) is 0 Å². The van der Waals surface area contributed by atoms with Crippen molar-refractivity contribution in [2.24, 2.45) is 0 Å². The largest absolute Gasteiger partial charge is 0.398 e. The number of aromatic amines is 1. The quantitative estimate of drug-likeness (QED) is 0.669.